The van der Waals surface area contributed by atoms with E-state index in [1.807, 2.05) is 0 Å². The lowest BCUT2D eigenvalue weighted by atomic mass is 9.44. The number of ketones is 2. The van der Waals surface area contributed by atoms with Crippen LogP contribution in [-0.4, -0.2) is 68.1 Å². The molecule has 0 radical (unpaired) electrons. The van der Waals surface area contributed by atoms with Crippen LogP contribution in [0, 0.1) is 28.6 Å². The first-order valence-corrected chi connectivity index (χ1v) is 11.7. The van der Waals surface area contributed by atoms with Gasteiger partial charge in [-0.05, 0) is 55.7 Å². The quantitative estimate of drug-likeness (QED) is 0.483. The molecule has 0 aromatic carbocycles. The van der Waals surface area contributed by atoms with Crippen molar-refractivity contribution < 1.29 is 43.6 Å². The molecule has 9 atom stereocenters. The minimum absolute atomic E-state index is 0.0409. The number of hydrogen-bond donors (Lipinski definition) is 4. The Morgan fingerprint density at radius 1 is 1.21 bits per heavy atom. The van der Waals surface area contributed by atoms with E-state index in [4.69, 9.17) is 5.11 Å². The van der Waals surface area contributed by atoms with E-state index in [9.17, 15) is 29.7 Å². The lowest BCUT2D eigenvalue weighted by Gasteiger charge is -2.63. The number of carbonyl (C=O) groups excluding carboxylic acids is 2. The van der Waals surface area contributed by atoms with Crippen LogP contribution in [-0.2, 0) is 14.4 Å². The summed E-state index contributed by atoms with van der Waals surface area (Å²) in [5, 5.41) is 39.6. The Morgan fingerprint density at radius 2 is 1.79 bits per heavy atom. The van der Waals surface area contributed by atoms with Crippen LogP contribution in [0.3, 0.4) is 0 Å². The molecule has 4 N–H and O–H groups in total. The van der Waals surface area contributed by atoms with Crippen LogP contribution in [0.4, 0.5) is 8.78 Å². The van der Waals surface area contributed by atoms with Gasteiger partial charge in [0.15, 0.2) is 17.2 Å². The molecule has 4 aliphatic carbocycles. The Hall–Kier alpha value is -1.97. The standard InChI is InChI=1S/C22H28F2O5.C3H6O2/c1-11-6-13-14-8-16(23)15-7-12(26)4-5-19(15,2)21(14,24)17(27)9-20(13,3)22(11,29)18(28)10-25;1-2-3(4)5/h4-5,7,11,13-14,16-17,25,27,29H,6,8-10H2,1-3H3;2H2,1H3,(H,4,5)/t11-,13+,14+,16+,17+,19+,20+,21+,22+;/m1./s1. The van der Waals surface area contributed by atoms with Crippen molar-refractivity contribution >= 4 is 17.5 Å². The third-order valence-corrected chi connectivity index (χ3v) is 9.08. The second kappa shape index (κ2) is 8.60. The maximum Gasteiger partial charge on any atom is 0.303 e. The van der Waals surface area contributed by atoms with Crippen LogP contribution in [0.1, 0.15) is 53.4 Å². The largest absolute Gasteiger partial charge is 0.481 e. The number of aliphatic hydroxyl groups excluding tert-OH is 2. The number of aliphatic hydroxyl groups is 3. The zero-order valence-electron chi connectivity index (χ0n) is 19.9. The first kappa shape index (κ1) is 26.6. The number of hydrogen-bond acceptors (Lipinski definition) is 6. The van der Waals surface area contributed by atoms with Gasteiger partial charge < -0.3 is 20.4 Å². The number of Topliss-reactive ketones (excluding diaryl/α,β-unsaturated/α-hetero) is 1. The molecule has 3 saturated carbocycles. The predicted molar refractivity (Wildman–Crippen MR) is 118 cm³/mol. The van der Waals surface area contributed by atoms with Crippen molar-refractivity contribution in [3.8, 4) is 0 Å². The van der Waals surface area contributed by atoms with Gasteiger partial charge in [0.1, 0.15) is 18.4 Å². The zero-order chi connectivity index (χ0) is 25.9. The molecule has 7 nitrogen and oxygen atoms in total. The summed E-state index contributed by atoms with van der Waals surface area (Å²) in [5.74, 6) is -3.99. The van der Waals surface area contributed by atoms with Gasteiger partial charge >= 0.3 is 5.97 Å². The summed E-state index contributed by atoms with van der Waals surface area (Å²) in [6, 6.07) is 0. The maximum absolute atomic E-state index is 16.9. The number of fused-ring (bicyclic) bond motifs is 5. The summed E-state index contributed by atoms with van der Waals surface area (Å²) in [4.78, 5) is 33.7. The zero-order valence-corrected chi connectivity index (χ0v) is 19.9. The average molecular weight is 485 g/mol. The molecule has 0 heterocycles. The van der Waals surface area contributed by atoms with Crippen LogP contribution in [0.25, 0.3) is 0 Å². The second-order valence-corrected chi connectivity index (χ2v) is 10.6. The fourth-order valence-electron chi connectivity index (χ4n) is 7.25. The van der Waals surface area contributed by atoms with E-state index in [1.165, 1.54) is 19.1 Å². The molecule has 9 heteroatoms. The third kappa shape index (κ3) is 3.34. The van der Waals surface area contributed by atoms with E-state index in [0.29, 0.717) is 0 Å². The number of carbonyl (C=O) groups is 3. The van der Waals surface area contributed by atoms with E-state index >= 15 is 8.78 Å². The van der Waals surface area contributed by atoms with E-state index in [2.05, 4.69) is 0 Å². The Labute approximate surface area is 197 Å². The molecule has 0 amide bonds. The van der Waals surface area contributed by atoms with Crippen molar-refractivity contribution in [2.45, 2.75) is 76.9 Å². The number of alkyl halides is 2. The normalized spacial score (nSPS) is 46.9. The Bertz CT molecular complexity index is 948. The summed E-state index contributed by atoms with van der Waals surface area (Å²) < 4.78 is 32.1. The van der Waals surface area contributed by atoms with Crippen molar-refractivity contribution in [1.29, 1.82) is 0 Å². The smallest absolute Gasteiger partial charge is 0.303 e. The maximum atomic E-state index is 16.9. The van der Waals surface area contributed by atoms with Gasteiger partial charge in [0.05, 0.1) is 6.10 Å². The van der Waals surface area contributed by atoms with Crippen molar-refractivity contribution in [2.75, 3.05) is 6.61 Å². The molecule has 0 saturated heterocycles. The van der Waals surface area contributed by atoms with Gasteiger partial charge in [-0.3, -0.25) is 14.4 Å². The van der Waals surface area contributed by atoms with Gasteiger partial charge in [0.25, 0.3) is 0 Å². The van der Waals surface area contributed by atoms with Crippen LogP contribution >= 0.6 is 0 Å². The van der Waals surface area contributed by atoms with Crippen LogP contribution in [0.5, 0.6) is 0 Å². The highest BCUT2D eigenvalue weighted by Gasteiger charge is 2.76. The van der Waals surface area contributed by atoms with Crippen molar-refractivity contribution in [3.05, 3.63) is 23.8 Å². The first-order valence-electron chi connectivity index (χ1n) is 11.7. The molecule has 0 aromatic rings. The van der Waals surface area contributed by atoms with Crippen molar-refractivity contribution in [2.24, 2.45) is 28.6 Å². The lowest BCUT2D eigenvalue weighted by molar-refractivity contribution is -0.223. The topological polar surface area (TPSA) is 132 Å². The second-order valence-electron chi connectivity index (χ2n) is 10.6. The van der Waals surface area contributed by atoms with Crippen LogP contribution in [0.2, 0.25) is 0 Å². The van der Waals surface area contributed by atoms with Gasteiger partial charge in [-0.1, -0.05) is 26.8 Å². The summed E-state index contributed by atoms with van der Waals surface area (Å²) >= 11 is 0. The van der Waals surface area contributed by atoms with Crippen LogP contribution in [0.15, 0.2) is 23.8 Å². The highest BCUT2D eigenvalue weighted by Crippen LogP contribution is 2.70. The van der Waals surface area contributed by atoms with E-state index < -0.39 is 76.3 Å². The number of carboxylic acid groups (broad SMARTS) is 1. The number of halogens is 2. The Kier molecular flexibility index (Phi) is 6.74. The highest BCUT2D eigenvalue weighted by atomic mass is 19.1. The third-order valence-electron chi connectivity index (χ3n) is 9.08. The molecule has 0 aromatic heterocycles. The lowest BCUT2D eigenvalue weighted by Crippen LogP contribution is -2.70. The molecular weight excluding hydrogens is 450 g/mol. The fourth-order valence-corrected chi connectivity index (χ4v) is 7.25. The SMILES string of the molecule is CCC(=O)O.C[C@@H]1C[C@H]2[C@@H]3C[C@H](F)C4=CC(=O)C=C[C@]4(C)[C@@]3(F)[C@@H](O)C[C@]2(C)[C@@]1(O)C(=O)CO. The van der Waals surface area contributed by atoms with Crippen molar-refractivity contribution in [1.82, 2.24) is 0 Å². The number of carboxylic acids is 1. The number of allylic oxidation sites excluding steroid dienone is 4. The molecule has 0 unspecified atom stereocenters. The van der Waals surface area contributed by atoms with E-state index in [0.717, 1.165) is 6.08 Å². The highest BCUT2D eigenvalue weighted by molar-refractivity contribution is 6.01. The molecule has 0 bridgehead atoms. The molecule has 190 valence electrons. The molecule has 0 spiro atoms. The number of rotatable bonds is 3. The predicted octanol–water partition coefficient (Wildman–Crippen LogP) is 2.32. The molecule has 0 aliphatic heterocycles. The number of aliphatic carboxylic acids is 1. The Balaban J connectivity index is 0.000000588. The van der Waals surface area contributed by atoms with Gasteiger partial charge in [0, 0.05) is 23.2 Å². The molecule has 4 rings (SSSR count). The van der Waals surface area contributed by atoms with Gasteiger partial charge in [-0.15, -0.1) is 0 Å². The molecule has 34 heavy (non-hydrogen) atoms. The van der Waals surface area contributed by atoms with Crippen molar-refractivity contribution in [3.63, 3.8) is 0 Å². The molecular formula is C25H34F2O7. The fraction of sp³-hybridized carbons (Fsp3) is 0.720. The summed E-state index contributed by atoms with van der Waals surface area (Å²) in [5.41, 5.74) is -6.81. The van der Waals surface area contributed by atoms with E-state index in [-0.39, 0.29) is 31.3 Å². The molecule has 3 fully saturated rings. The Morgan fingerprint density at radius 3 is 2.32 bits per heavy atom. The first-order chi connectivity index (χ1) is 15.6. The van der Waals surface area contributed by atoms with Crippen LogP contribution < -0.4 is 0 Å². The van der Waals surface area contributed by atoms with Gasteiger partial charge in [-0.25, -0.2) is 8.78 Å². The minimum Gasteiger partial charge on any atom is -0.481 e. The summed E-state index contributed by atoms with van der Waals surface area (Å²) in [6.45, 7) is 5.56. The van der Waals surface area contributed by atoms with Gasteiger partial charge in [-0.2, -0.15) is 0 Å². The van der Waals surface area contributed by atoms with Gasteiger partial charge in [0.2, 0.25) is 0 Å². The molecule has 4 aliphatic rings. The average Bonchev–Trinajstić information content (AvgIpc) is 2.98. The van der Waals surface area contributed by atoms with E-state index in [1.54, 1.807) is 20.8 Å². The summed E-state index contributed by atoms with van der Waals surface area (Å²) in [6.07, 6.45) is 0.649. The summed E-state index contributed by atoms with van der Waals surface area (Å²) in [7, 11) is 0. The monoisotopic (exact) mass is 484 g/mol. The minimum atomic E-state index is -2.24.